The molecule has 1 saturated carbocycles. The average molecular weight is 432 g/mol. The molecular formula is C23H33N3O5. The molecule has 1 aromatic heterocycles. The van der Waals surface area contributed by atoms with Crippen LogP contribution < -0.4 is 26.0 Å². The van der Waals surface area contributed by atoms with E-state index in [0.29, 0.717) is 42.0 Å². The van der Waals surface area contributed by atoms with Crippen LogP contribution >= 0.6 is 0 Å². The van der Waals surface area contributed by atoms with Gasteiger partial charge in [0.25, 0.3) is 5.56 Å². The second kappa shape index (κ2) is 11.0. The average Bonchev–Trinajstić information content (AvgIpc) is 3.00. The molecule has 1 amide bonds. The lowest BCUT2D eigenvalue weighted by Crippen LogP contribution is -2.36. The first kappa shape index (κ1) is 22.9. The van der Waals surface area contributed by atoms with Crippen molar-refractivity contribution in [2.75, 3.05) is 13.2 Å². The molecule has 8 nitrogen and oxygen atoms in total. The molecule has 1 aliphatic rings. The van der Waals surface area contributed by atoms with Crippen LogP contribution in [0.4, 0.5) is 0 Å². The molecule has 8 heteroatoms. The highest BCUT2D eigenvalue weighted by Crippen LogP contribution is 2.30. The number of ether oxygens (including phenoxy) is 2. The number of nitrogens with one attached hydrogen (secondary N) is 2. The number of fused-ring (bicyclic) bond motifs is 1. The Morgan fingerprint density at radius 2 is 1.71 bits per heavy atom. The summed E-state index contributed by atoms with van der Waals surface area (Å²) < 4.78 is 12.3. The van der Waals surface area contributed by atoms with Crippen molar-refractivity contribution < 1.29 is 14.3 Å². The van der Waals surface area contributed by atoms with E-state index in [1.165, 1.54) is 12.8 Å². The molecule has 0 aliphatic heterocycles. The molecule has 0 unspecified atom stereocenters. The van der Waals surface area contributed by atoms with E-state index in [2.05, 4.69) is 10.3 Å². The summed E-state index contributed by atoms with van der Waals surface area (Å²) in [7, 11) is 0. The van der Waals surface area contributed by atoms with Crippen LogP contribution in [-0.2, 0) is 11.3 Å². The summed E-state index contributed by atoms with van der Waals surface area (Å²) in [4.78, 5) is 40.5. The number of amides is 1. The zero-order chi connectivity index (χ0) is 22.2. The van der Waals surface area contributed by atoms with Crippen molar-refractivity contribution in [1.82, 2.24) is 14.9 Å². The van der Waals surface area contributed by atoms with Gasteiger partial charge in [0.15, 0.2) is 11.5 Å². The van der Waals surface area contributed by atoms with Gasteiger partial charge in [-0.05, 0) is 39.2 Å². The number of hydrogen-bond acceptors (Lipinski definition) is 5. The van der Waals surface area contributed by atoms with Crippen molar-refractivity contribution in [3.8, 4) is 11.5 Å². The first-order valence-corrected chi connectivity index (χ1v) is 11.4. The summed E-state index contributed by atoms with van der Waals surface area (Å²) in [6.45, 7) is 4.76. The number of rotatable bonds is 9. The number of carbonyl (C=O) groups excluding carboxylic acids is 1. The summed E-state index contributed by atoms with van der Waals surface area (Å²) in [5.41, 5.74) is -0.482. The fraction of sp³-hybridized carbons (Fsp3) is 0.609. The number of benzene rings is 1. The van der Waals surface area contributed by atoms with Crippen LogP contribution in [0.2, 0.25) is 0 Å². The lowest BCUT2D eigenvalue weighted by molar-refractivity contribution is -0.122. The summed E-state index contributed by atoms with van der Waals surface area (Å²) >= 11 is 0. The summed E-state index contributed by atoms with van der Waals surface area (Å²) in [5, 5.41) is 3.46. The largest absolute Gasteiger partial charge is 0.490 e. The van der Waals surface area contributed by atoms with Crippen LogP contribution in [-0.4, -0.2) is 34.7 Å². The maximum atomic E-state index is 13.0. The van der Waals surface area contributed by atoms with Crippen molar-refractivity contribution >= 4 is 16.8 Å². The van der Waals surface area contributed by atoms with Gasteiger partial charge >= 0.3 is 5.69 Å². The number of carbonyl (C=O) groups is 1. The van der Waals surface area contributed by atoms with E-state index in [-0.39, 0.29) is 24.9 Å². The Hall–Kier alpha value is -2.77. The monoisotopic (exact) mass is 431 g/mol. The molecular weight excluding hydrogens is 398 g/mol. The van der Waals surface area contributed by atoms with E-state index >= 15 is 0 Å². The second-order valence-corrected chi connectivity index (χ2v) is 7.96. The van der Waals surface area contributed by atoms with Crippen LogP contribution in [0.15, 0.2) is 21.7 Å². The minimum atomic E-state index is -0.492. The summed E-state index contributed by atoms with van der Waals surface area (Å²) in [5.74, 6) is 0.937. The third-order valence-electron chi connectivity index (χ3n) is 5.65. The van der Waals surface area contributed by atoms with E-state index in [9.17, 15) is 14.4 Å². The van der Waals surface area contributed by atoms with Gasteiger partial charge < -0.3 is 19.8 Å². The minimum Gasteiger partial charge on any atom is -0.490 e. The van der Waals surface area contributed by atoms with Crippen molar-refractivity contribution in [3.05, 3.63) is 33.0 Å². The molecule has 2 N–H and O–H groups in total. The summed E-state index contributed by atoms with van der Waals surface area (Å²) in [6, 6.07) is 3.48. The molecule has 0 atom stereocenters. The Kier molecular flexibility index (Phi) is 8.14. The molecule has 2 aromatic rings. The van der Waals surface area contributed by atoms with Crippen LogP contribution in [0, 0.1) is 0 Å². The molecule has 1 heterocycles. The molecule has 0 spiro atoms. The van der Waals surface area contributed by atoms with Gasteiger partial charge in [-0.2, -0.15) is 0 Å². The topological polar surface area (TPSA) is 102 Å². The normalized spacial score (nSPS) is 14.9. The SMILES string of the molecule is CCOc1cc2[nH]c(=O)n(CCCC(=O)NC3CCCCCC3)c(=O)c2cc1OCC. The zero-order valence-electron chi connectivity index (χ0n) is 18.5. The van der Waals surface area contributed by atoms with Crippen LogP contribution in [0.3, 0.4) is 0 Å². The third-order valence-corrected chi connectivity index (χ3v) is 5.65. The zero-order valence-corrected chi connectivity index (χ0v) is 18.5. The maximum absolute atomic E-state index is 13.0. The fourth-order valence-corrected chi connectivity index (χ4v) is 4.12. The number of nitrogens with zero attached hydrogens (tertiary/aromatic N) is 1. The van der Waals surface area contributed by atoms with E-state index in [0.717, 1.165) is 30.3 Å². The van der Waals surface area contributed by atoms with E-state index in [4.69, 9.17) is 9.47 Å². The molecule has 0 radical (unpaired) electrons. The minimum absolute atomic E-state index is 0.0165. The molecule has 1 aliphatic carbocycles. The van der Waals surface area contributed by atoms with Gasteiger partial charge in [0.1, 0.15) is 0 Å². The first-order valence-electron chi connectivity index (χ1n) is 11.4. The van der Waals surface area contributed by atoms with Gasteiger partial charge in [0.2, 0.25) is 5.91 Å². The lowest BCUT2D eigenvalue weighted by Gasteiger charge is -2.16. The van der Waals surface area contributed by atoms with Crippen molar-refractivity contribution in [1.29, 1.82) is 0 Å². The van der Waals surface area contributed by atoms with Gasteiger partial charge in [-0.3, -0.25) is 14.2 Å². The number of aromatic nitrogens is 2. The van der Waals surface area contributed by atoms with Crippen LogP contribution in [0.5, 0.6) is 11.5 Å². The van der Waals surface area contributed by atoms with Crippen molar-refractivity contribution in [2.24, 2.45) is 0 Å². The first-order chi connectivity index (χ1) is 15.0. The maximum Gasteiger partial charge on any atom is 0.328 e. The fourth-order valence-electron chi connectivity index (χ4n) is 4.12. The molecule has 1 aromatic carbocycles. The predicted molar refractivity (Wildman–Crippen MR) is 120 cm³/mol. The number of H-pyrrole nitrogens is 1. The third kappa shape index (κ3) is 5.89. The quantitative estimate of drug-likeness (QED) is 0.594. The smallest absolute Gasteiger partial charge is 0.328 e. The molecule has 170 valence electrons. The Morgan fingerprint density at radius 1 is 1.06 bits per heavy atom. The molecule has 31 heavy (non-hydrogen) atoms. The van der Waals surface area contributed by atoms with E-state index in [1.54, 1.807) is 12.1 Å². The Balaban J connectivity index is 1.71. The molecule has 3 rings (SSSR count). The van der Waals surface area contributed by atoms with Gasteiger partial charge in [0.05, 0.1) is 24.1 Å². The predicted octanol–water partition coefficient (Wildman–Crippen LogP) is 3.11. The molecule has 0 bridgehead atoms. The second-order valence-electron chi connectivity index (χ2n) is 7.96. The van der Waals surface area contributed by atoms with Gasteiger partial charge in [-0.15, -0.1) is 0 Å². The van der Waals surface area contributed by atoms with E-state index < -0.39 is 11.2 Å². The van der Waals surface area contributed by atoms with Gasteiger partial charge in [-0.1, -0.05) is 25.7 Å². The standard InChI is InChI=1S/C23H33N3O5/c1-3-30-19-14-17-18(15-20(19)31-4-2)25-23(29)26(22(17)28)13-9-12-21(27)24-16-10-7-5-6-8-11-16/h14-16H,3-13H2,1-2H3,(H,24,27)(H,25,29). The Labute approximate surface area is 181 Å². The molecule has 1 fully saturated rings. The summed E-state index contributed by atoms with van der Waals surface area (Å²) in [6.07, 6.45) is 7.54. The van der Waals surface area contributed by atoms with Crippen LogP contribution in [0.25, 0.3) is 10.9 Å². The Morgan fingerprint density at radius 3 is 2.35 bits per heavy atom. The van der Waals surface area contributed by atoms with E-state index in [1.807, 2.05) is 13.8 Å². The lowest BCUT2D eigenvalue weighted by atomic mass is 10.1. The Bertz CT molecular complexity index is 1000. The van der Waals surface area contributed by atoms with Gasteiger partial charge in [0, 0.05) is 25.1 Å². The number of aromatic amines is 1. The number of hydrogen-bond donors (Lipinski definition) is 2. The van der Waals surface area contributed by atoms with Crippen molar-refractivity contribution in [3.63, 3.8) is 0 Å². The van der Waals surface area contributed by atoms with Crippen molar-refractivity contribution in [2.45, 2.75) is 77.8 Å². The van der Waals surface area contributed by atoms with Crippen LogP contribution in [0.1, 0.15) is 65.2 Å². The van der Waals surface area contributed by atoms with Gasteiger partial charge in [-0.25, -0.2) is 4.79 Å². The highest BCUT2D eigenvalue weighted by atomic mass is 16.5. The highest BCUT2D eigenvalue weighted by Gasteiger charge is 2.16. The highest BCUT2D eigenvalue weighted by molar-refractivity contribution is 5.81. The molecule has 0 saturated heterocycles.